The molecule has 0 bridgehead atoms. The molecule has 22 heavy (non-hydrogen) atoms. The maximum atomic E-state index is 11.9. The molecule has 1 atom stereocenters. The predicted molar refractivity (Wildman–Crippen MR) is 74.3 cm³/mol. The molecule has 0 aliphatic carbocycles. The fourth-order valence-electron chi connectivity index (χ4n) is 1.68. The minimum atomic E-state index is -2.37. The van der Waals surface area contributed by atoms with Crippen LogP contribution in [-0.4, -0.2) is 29.7 Å². The molecule has 8 nitrogen and oxygen atoms in total. The number of rotatable bonds is 4. The topological polar surface area (TPSA) is 132 Å². The third-order valence-corrected chi connectivity index (χ3v) is 3.49. The van der Waals surface area contributed by atoms with Gasteiger partial charge in [-0.05, 0) is 35.3 Å². The Morgan fingerprint density at radius 2 is 1.95 bits per heavy atom. The largest absolute Gasteiger partial charge is 0.768 e. The zero-order valence-electron chi connectivity index (χ0n) is 11.1. The minimum absolute atomic E-state index is 0.0549. The summed E-state index contributed by atoms with van der Waals surface area (Å²) >= 11 is -2.37. The van der Waals surface area contributed by atoms with E-state index >= 15 is 0 Å². The molecule has 0 aliphatic rings. The summed E-state index contributed by atoms with van der Waals surface area (Å²) in [5.41, 5.74) is -0.384. The minimum Gasteiger partial charge on any atom is -0.768 e. The second-order valence-electron chi connectivity index (χ2n) is 4.30. The van der Waals surface area contributed by atoms with E-state index in [0.29, 0.717) is 4.73 Å². The van der Waals surface area contributed by atoms with Crippen molar-refractivity contribution in [3.63, 3.8) is 0 Å². The molecule has 9 heteroatoms. The number of carbonyl (C=O) groups is 1. The molecule has 0 aliphatic heterocycles. The Labute approximate surface area is 126 Å². The number of aromatic nitrogens is 1. The van der Waals surface area contributed by atoms with Gasteiger partial charge in [0, 0.05) is 16.5 Å². The van der Waals surface area contributed by atoms with E-state index in [1.54, 1.807) is 0 Å². The van der Waals surface area contributed by atoms with Gasteiger partial charge in [0.2, 0.25) is 5.43 Å². The van der Waals surface area contributed by atoms with Crippen molar-refractivity contribution >= 4 is 17.0 Å². The highest BCUT2D eigenvalue weighted by molar-refractivity contribution is 7.79. The first-order valence-electron chi connectivity index (χ1n) is 6.00. The Hall–Kier alpha value is -2.65. The number of hydrogen-bond acceptors (Lipinski definition) is 6. The van der Waals surface area contributed by atoms with Gasteiger partial charge in [-0.3, -0.25) is 13.8 Å². The molecule has 1 heterocycles. The van der Waals surface area contributed by atoms with Crippen molar-refractivity contribution < 1.29 is 23.9 Å². The highest BCUT2D eigenvalue weighted by Crippen LogP contribution is 2.08. The Bertz CT molecular complexity index is 784. The zero-order valence-corrected chi connectivity index (χ0v) is 11.9. The predicted octanol–water partition coefficient (Wildman–Crippen LogP) is -0.0408. The second-order valence-corrected chi connectivity index (χ2v) is 5.24. The first kappa shape index (κ1) is 15.7. The number of benzene rings is 1. The quantitative estimate of drug-likeness (QED) is 0.534. The van der Waals surface area contributed by atoms with Crippen LogP contribution in [0.15, 0.2) is 46.2 Å². The third-order valence-electron chi connectivity index (χ3n) is 2.83. The summed E-state index contributed by atoms with van der Waals surface area (Å²) in [4.78, 5) is 23.2. The highest BCUT2D eigenvalue weighted by Gasteiger charge is 2.09. The van der Waals surface area contributed by atoms with E-state index in [0.717, 1.165) is 12.3 Å². The van der Waals surface area contributed by atoms with Crippen LogP contribution in [0.2, 0.25) is 0 Å². The molecule has 2 rings (SSSR count). The lowest BCUT2D eigenvalue weighted by atomic mass is 10.2. The highest BCUT2D eigenvalue weighted by atomic mass is 32.2. The van der Waals surface area contributed by atoms with Crippen molar-refractivity contribution in [1.29, 1.82) is 0 Å². The molecule has 1 unspecified atom stereocenters. The van der Waals surface area contributed by atoms with Crippen LogP contribution in [0.3, 0.4) is 0 Å². The van der Waals surface area contributed by atoms with Gasteiger partial charge in [-0.25, -0.2) is 0 Å². The lowest BCUT2D eigenvalue weighted by molar-refractivity contribution is 0.0945. The average molecular weight is 323 g/mol. The molecule has 0 radical (unpaired) electrons. The van der Waals surface area contributed by atoms with Crippen LogP contribution in [-0.2, 0) is 17.6 Å². The summed E-state index contributed by atoms with van der Waals surface area (Å²) in [6.07, 6.45) is 0.822. The van der Waals surface area contributed by atoms with E-state index in [1.807, 2.05) is 0 Å². The monoisotopic (exact) mass is 323 g/mol. The Kier molecular flexibility index (Phi) is 4.59. The molecule has 0 saturated carbocycles. The summed E-state index contributed by atoms with van der Waals surface area (Å²) in [6.45, 7) is -0.153. The molecule has 116 valence electrons. The Morgan fingerprint density at radius 3 is 2.55 bits per heavy atom. The van der Waals surface area contributed by atoms with Gasteiger partial charge in [0.25, 0.3) is 5.91 Å². The molecule has 1 aromatic carbocycles. The normalized spacial score (nSPS) is 11.9. The van der Waals surface area contributed by atoms with Crippen molar-refractivity contribution in [2.75, 3.05) is 0 Å². The van der Waals surface area contributed by atoms with Crippen LogP contribution in [0.1, 0.15) is 16.1 Å². The summed E-state index contributed by atoms with van der Waals surface area (Å²) in [5.74, 6) is -1.12. The van der Waals surface area contributed by atoms with E-state index in [-0.39, 0.29) is 22.7 Å². The van der Waals surface area contributed by atoms with Crippen LogP contribution < -0.4 is 10.7 Å². The molecule has 0 fully saturated rings. The van der Waals surface area contributed by atoms with Gasteiger partial charge >= 0.3 is 0 Å². The molecule has 1 aromatic heterocycles. The fraction of sp³-hybridized carbons (Fsp3) is 0.0769. The van der Waals surface area contributed by atoms with Gasteiger partial charge < -0.3 is 20.2 Å². The SMILES string of the molecule is O=C(NCc1cc(=O)c(O)cn1O)c1ccc(S(=O)[O-])cc1. The van der Waals surface area contributed by atoms with Gasteiger partial charge in [-0.1, -0.05) is 0 Å². The second kappa shape index (κ2) is 6.41. The Morgan fingerprint density at radius 1 is 1.32 bits per heavy atom. The van der Waals surface area contributed by atoms with Crippen molar-refractivity contribution in [3.05, 3.63) is 58.0 Å². The van der Waals surface area contributed by atoms with Gasteiger partial charge in [0.1, 0.15) is 0 Å². The first-order chi connectivity index (χ1) is 10.4. The zero-order chi connectivity index (χ0) is 16.3. The fourth-order valence-corrected chi connectivity index (χ4v) is 2.03. The van der Waals surface area contributed by atoms with Crippen molar-refractivity contribution in [1.82, 2.24) is 10.0 Å². The van der Waals surface area contributed by atoms with E-state index < -0.39 is 28.2 Å². The number of hydrogen-bond donors (Lipinski definition) is 3. The summed E-state index contributed by atoms with van der Waals surface area (Å²) in [6, 6.07) is 6.22. The summed E-state index contributed by atoms with van der Waals surface area (Å²) < 4.78 is 21.9. The standard InChI is InChI=1S/C13H12N2O6S/c16-11-5-9(15(19)7-12(11)17)6-14-13(18)8-1-3-10(4-2-8)22(20)21/h1-5,7,17,19H,6H2,(H,14,18)(H,20,21)/p-1. The van der Waals surface area contributed by atoms with Crippen LogP contribution in [0, 0.1) is 0 Å². The van der Waals surface area contributed by atoms with Gasteiger partial charge in [0.15, 0.2) is 5.75 Å². The van der Waals surface area contributed by atoms with Crippen LogP contribution in [0.4, 0.5) is 0 Å². The Balaban J connectivity index is 2.08. The van der Waals surface area contributed by atoms with Crippen LogP contribution >= 0.6 is 0 Å². The lowest BCUT2D eigenvalue weighted by Gasteiger charge is -2.09. The number of nitrogens with zero attached hydrogens (tertiary/aromatic N) is 1. The number of pyridine rings is 1. The van der Waals surface area contributed by atoms with Gasteiger partial charge in [0.05, 0.1) is 18.4 Å². The van der Waals surface area contributed by atoms with E-state index in [9.17, 15) is 23.6 Å². The van der Waals surface area contributed by atoms with Crippen molar-refractivity contribution in [3.8, 4) is 5.75 Å². The molecule has 1 amide bonds. The lowest BCUT2D eigenvalue weighted by Crippen LogP contribution is -2.25. The maximum Gasteiger partial charge on any atom is 0.251 e. The number of carbonyl (C=O) groups excluding carboxylic acids is 1. The van der Waals surface area contributed by atoms with E-state index in [2.05, 4.69) is 5.32 Å². The first-order valence-corrected chi connectivity index (χ1v) is 7.07. The smallest absolute Gasteiger partial charge is 0.251 e. The maximum absolute atomic E-state index is 11.9. The molecular formula is C13H11N2O6S-. The third kappa shape index (κ3) is 3.51. The molecule has 0 saturated heterocycles. The molecule has 2 aromatic rings. The van der Waals surface area contributed by atoms with Crippen LogP contribution in [0.25, 0.3) is 0 Å². The molecular weight excluding hydrogens is 312 g/mol. The molecule has 3 N–H and O–H groups in total. The van der Waals surface area contributed by atoms with E-state index in [4.69, 9.17) is 5.11 Å². The average Bonchev–Trinajstić information content (AvgIpc) is 2.49. The van der Waals surface area contributed by atoms with Crippen molar-refractivity contribution in [2.24, 2.45) is 0 Å². The van der Waals surface area contributed by atoms with E-state index in [1.165, 1.54) is 24.3 Å². The summed E-state index contributed by atoms with van der Waals surface area (Å²) in [7, 11) is 0. The number of nitrogens with one attached hydrogen (secondary N) is 1. The number of amides is 1. The summed E-state index contributed by atoms with van der Waals surface area (Å²) in [5, 5.41) is 21.1. The van der Waals surface area contributed by atoms with Crippen LogP contribution in [0.5, 0.6) is 5.75 Å². The molecule has 0 spiro atoms. The van der Waals surface area contributed by atoms with Gasteiger partial charge in [-0.2, -0.15) is 4.73 Å². The number of aromatic hydroxyl groups is 1. The van der Waals surface area contributed by atoms with Gasteiger partial charge in [-0.15, -0.1) is 0 Å². The van der Waals surface area contributed by atoms with Crippen molar-refractivity contribution in [2.45, 2.75) is 11.4 Å².